The Morgan fingerprint density at radius 1 is 1.30 bits per heavy atom. The summed E-state index contributed by atoms with van der Waals surface area (Å²) in [6.07, 6.45) is 9.95. The maximum Gasteiger partial charge on any atom is 0.239 e. The van der Waals surface area contributed by atoms with E-state index in [1.54, 1.807) is 11.1 Å². The van der Waals surface area contributed by atoms with Crippen LogP contribution in [0.25, 0.3) is 6.08 Å². The number of aromatic nitrogens is 5. The average molecular weight is 407 g/mol. The maximum absolute atomic E-state index is 14.2. The number of halogens is 1. The van der Waals surface area contributed by atoms with Crippen LogP contribution in [0, 0.1) is 0 Å². The highest BCUT2D eigenvalue weighted by Crippen LogP contribution is 2.70. The molecule has 0 radical (unpaired) electrons. The fourth-order valence-electron chi connectivity index (χ4n) is 5.35. The number of nitrogens with zero attached hydrogens (tertiary/aromatic N) is 5. The van der Waals surface area contributed by atoms with E-state index in [4.69, 9.17) is 4.98 Å². The van der Waals surface area contributed by atoms with Crippen molar-refractivity contribution in [1.82, 2.24) is 25.1 Å². The molecule has 2 aromatic rings. The molecule has 1 aliphatic heterocycles. The second kappa shape index (κ2) is 5.53. The number of carbonyl (C=O) groups is 1. The van der Waals surface area contributed by atoms with Gasteiger partial charge < -0.3 is 5.32 Å². The summed E-state index contributed by atoms with van der Waals surface area (Å²) in [7, 11) is 0. The number of H-pyrrole nitrogens is 1. The Hall–Kier alpha value is -3.10. The summed E-state index contributed by atoms with van der Waals surface area (Å²) in [6.45, 7) is 3.88. The first-order valence-electron chi connectivity index (χ1n) is 10.3. The van der Waals surface area contributed by atoms with Crippen LogP contribution in [-0.2, 0) is 10.2 Å². The van der Waals surface area contributed by atoms with Gasteiger partial charge in [0.25, 0.3) is 0 Å². The summed E-state index contributed by atoms with van der Waals surface area (Å²) >= 11 is 0. The van der Waals surface area contributed by atoms with Gasteiger partial charge in [-0.05, 0) is 38.3 Å². The summed E-state index contributed by atoms with van der Waals surface area (Å²) < 4.78 is 14.2. The van der Waals surface area contributed by atoms with Gasteiger partial charge in [0, 0.05) is 36.7 Å². The molecule has 2 N–H and O–H groups in total. The lowest BCUT2D eigenvalue weighted by Crippen LogP contribution is -2.78. The standard InChI is InChI=1S/C21H22FN7O/c1-3-14(12(2)6-15-24-11-25-28-15)26-18-23-7-13-16(27-18)29(17(30)21(13)4-5-21)20-8-19(22,9-20)10-20/h3,6-7,11H,4-5,8-10H2,1-2H3,(H,23,26,27)(H,24,25,28)/b12-6-,14-3+. The highest BCUT2D eigenvalue weighted by atomic mass is 19.1. The van der Waals surface area contributed by atoms with E-state index >= 15 is 0 Å². The molecular formula is C21H22FN7O. The Kier molecular flexibility index (Phi) is 3.27. The molecule has 2 bridgehead atoms. The number of allylic oxidation sites excluding steroid dienone is 2. The van der Waals surface area contributed by atoms with E-state index < -0.39 is 11.1 Å². The van der Waals surface area contributed by atoms with Crippen molar-refractivity contribution in [3.05, 3.63) is 41.3 Å². The number of alkyl halides is 1. The molecule has 3 heterocycles. The highest BCUT2D eigenvalue weighted by molar-refractivity contribution is 6.10. The quantitative estimate of drug-likeness (QED) is 0.739. The van der Waals surface area contributed by atoms with Crippen molar-refractivity contribution < 1.29 is 9.18 Å². The van der Waals surface area contributed by atoms with Gasteiger partial charge in [0.15, 0.2) is 0 Å². The number of carbonyl (C=O) groups excluding carboxylic acids is 1. The minimum atomic E-state index is -1.07. The summed E-state index contributed by atoms with van der Waals surface area (Å²) in [5, 5.41) is 9.92. The Morgan fingerprint density at radius 3 is 2.67 bits per heavy atom. The topological polar surface area (TPSA) is 99.7 Å². The Morgan fingerprint density at radius 2 is 2.07 bits per heavy atom. The fraction of sp³-hybridized carbons (Fsp3) is 0.476. The van der Waals surface area contributed by atoms with Crippen molar-refractivity contribution in [2.45, 2.75) is 62.6 Å². The van der Waals surface area contributed by atoms with Crippen molar-refractivity contribution in [1.29, 1.82) is 0 Å². The molecule has 0 atom stereocenters. The molecule has 8 nitrogen and oxygen atoms in total. The molecule has 9 heteroatoms. The minimum Gasteiger partial charge on any atom is -0.324 e. The fourth-order valence-corrected chi connectivity index (χ4v) is 5.35. The molecule has 4 aliphatic carbocycles. The van der Waals surface area contributed by atoms with Crippen LogP contribution in [-0.4, -0.2) is 42.3 Å². The van der Waals surface area contributed by atoms with Gasteiger partial charge in [-0.25, -0.2) is 14.4 Å². The molecule has 5 aliphatic rings. The average Bonchev–Trinajstić information content (AvgIpc) is 3.26. The summed E-state index contributed by atoms with van der Waals surface area (Å²) in [5.41, 5.74) is 0.725. The highest BCUT2D eigenvalue weighted by Gasteiger charge is 2.76. The van der Waals surface area contributed by atoms with E-state index in [1.165, 1.54) is 6.33 Å². The molecule has 0 saturated heterocycles. The molecule has 1 spiro atoms. The molecule has 0 aromatic carbocycles. The zero-order valence-corrected chi connectivity index (χ0v) is 16.9. The first kappa shape index (κ1) is 17.7. The predicted molar refractivity (Wildman–Crippen MR) is 108 cm³/mol. The van der Waals surface area contributed by atoms with E-state index in [1.807, 2.05) is 26.0 Å². The third kappa shape index (κ3) is 2.23. The molecule has 4 fully saturated rings. The summed E-state index contributed by atoms with van der Waals surface area (Å²) in [6, 6.07) is 0. The largest absolute Gasteiger partial charge is 0.324 e. The molecule has 1 amide bonds. The first-order chi connectivity index (χ1) is 14.4. The van der Waals surface area contributed by atoms with E-state index in [-0.39, 0.29) is 11.4 Å². The summed E-state index contributed by atoms with van der Waals surface area (Å²) in [4.78, 5) is 28.4. The van der Waals surface area contributed by atoms with Crippen LogP contribution in [0.5, 0.6) is 0 Å². The van der Waals surface area contributed by atoms with E-state index in [9.17, 15) is 9.18 Å². The number of hydrogen-bond donors (Lipinski definition) is 2. The van der Waals surface area contributed by atoms with Crippen molar-refractivity contribution >= 4 is 23.7 Å². The lowest BCUT2D eigenvalue weighted by molar-refractivity contribution is -0.160. The molecule has 154 valence electrons. The van der Waals surface area contributed by atoms with Crippen molar-refractivity contribution in [2.24, 2.45) is 0 Å². The van der Waals surface area contributed by atoms with Gasteiger partial charge in [-0.3, -0.25) is 14.8 Å². The number of amides is 1. The van der Waals surface area contributed by atoms with Crippen LogP contribution in [0.3, 0.4) is 0 Å². The number of nitrogens with one attached hydrogen (secondary N) is 2. The maximum atomic E-state index is 14.2. The molecule has 2 aromatic heterocycles. The summed E-state index contributed by atoms with van der Waals surface area (Å²) in [5.74, 6) is 1.81. The Labute approximate surface area is 172 Å². The van der Waals surface area contributed by atoms with Crippen LogP contribution in [0.4, 0.5) is 16.2 Å². The zero-order valence-electron chi connectivity index (χ0n) is 16.9. The van der Waals surface area contributed by atoms with Gasteiger partial charge in [-0.1, -0.05) is 6.08 Å². The van der Waals surface area contributed by atoms with Crippen molar-refractivity contribution in [2.75, 3.05) is 10.2 Å². The number of fused-ring (bicyclic) bond motifs is 2. The number of rotatable bonds is 5. The van der Waals surface area contributed by atoms with Crippen molar-refractivity contribution in [3.8, 4) is 0 Å². The van der Waals surface area contributed by atoms with Gasteiger partial charge in [0.05, 0.1) is 11.0 Å². The molecule has 7 rings (SSSR count). The Balaban J connectivity index is 1.32. The van der Waals surface area contributed by atoms with Gasteiger partial charge in [-0.2, -0.15) is 10.1 Å². The Bertz CT molecular complexity index is 1110. The second-order valence-corrected chi connectivity index (χ2v) is 9.08. The minimum absolute atomic E-state index is 0.0818. The van der Waals surface area contributed by atoms with Gasteiger partial charge >= 0.3 is 0 Å². The van der Waals surface area contributed by atoms with E-state index in [0.29, 0.717) is 36.9 Å². The second-order valence-electron chi connectivity index (χ2n) is 9.08. The molecular weight excluding hydrogens is 385 g/mol. The lowest BCUT2D eigenvalue weighted by Gasteiger charge is -2.68. The van der Waals surface area contributed by atoms with Crippen LogP contribution in [0.1, 0.15) is 57.3 Å². The number of hydrogen-bond acceptors (Lipinski definition) is 6. The molecule has 0 unspecified atom stereocenters. The van der Waals surface area contributed by atoms with Crippen LogP contribution < -0.4 is 10.2 Å². The van der Waals surface area contributed by atoms with Crippen molar-refractivity contribution in [3.63, 3.8) is 0 Å². The van der Waals surface area contributed by atoms with Crippen LogP contribution >= 0.6 is 0 Å². The SMILES string of the molecule is C/C=C(Nc1ncc2c(n1)N(C13CC(F)(C1)C3)C(=O)C21CC1)\C(C)=C/c1ncn[nH]1. The third-order valence-electron chi connectivity index (χ3n) is 7.02. The van der Waals surface area contributed by atoms with E-state index in [0.717, 1.165) is 29.7 Å². The smallest absolute Gasteiger partial charge is 0.239 e. The third-order valence-corrected chi connectivity index (χ3v) is 7.02. The monoisotopic (exact) mass is 407 g/mol. The predicted octanol–water partition coefficient (Wildman–Crippen LogP) is 3.04. The van der Waals surface area contributed by atoms with Crippen LogP contribution in [0.15, 0.2) is 29.9 Å². The number of anilines is 2. The van der Waals surface area contributed by atoms with Gasteiger partial charge in [0.2, 0.25) is 11.9 Å². The molecule has 4 saturated carbocycles. The number of aromatic amines is 1. The lowest BCUT2D eigenvalue weighted by atomic mass is 9.46. The van der Waals surface area contributed by atoms with Gasteiger partial charge in [-0.15, -0.1) is 0 Å². The van der Waals surface area contributed by atoms with E-state index in [2.05, 4.69) is 25.5 Å². The first-order valence-corrected chi connectivity index (χ1v) is 10.3. The van der Waals surface area contributed by atoms with Crippen LogP contribution in [0.2, 0.25) is 0 Å². The zero-order chi connectivity index (χ0) is 20.7. The molecule has 30 heavy (non-hydrogen) atoms. The van der Waals surface area contributed by atoms with Gasteiger partial charge in [0.1, 0.15) is 23.6 Å². The normalized spacial score (nSPS) is 30.8.